The summed E-state index contributed by atoms with van der Waals surface area (Å²) in [5.74, 6) is -0.305. The average Bonchev–Trinajstić information content (AvgIpc) is 3.18. The molecule has 32 heavy (non-hydrogen) atoms. The SMILES string of the molecule is Cc1cc(/C=C2\SC(=O)N(Cc3ccc(Cl)cc3Cl)C2=O)c(C)n1CCc1ccccc1. The van der Waals surface area contributed by atoms with Crippen LogP contribution in [-0.2, 0) is 24.3 Å². The minimum absolute atomic E-state index is 0.119. The molecule has 1 aromatic heterocycles. The number of hydrogen-bond donors (Lipinski definition) is 0. The number of aryl methyl sites for hydroxylation is 2. The van der Waals surface area contributed by atoms with Gasteiger partial charge in [-0.2, -0.15) is 0 Å². The largest absolute Gasteiger partial charge is 0.348 e. The summed E-state index contributed by atoms with van der Waals surface area (Å²) in [6.07, 6.45) is 2.74. The van der Waals surface area contributed by atoms with E-state index in [1.807, 2.05) is 31.2 Å². The van der Waals surface area contributed by atoms with Gasteiger partial charge in [-0.15, -0.1) is 0 Å². The van der Waals surface area contributed by atoms with E-state index in [9.17, 15) is 9.59 Å². The van der Waals surface area contributed by atoms with Gasteiger partial charge < -0.3 is 4.57 Å². The summed E-state index contributed by atoms with van der Waals surface area (Å²) < 4.78 is 2.25. The summed E-state index contributed by atoms with van der Waals surface area (Å²) in [5.41, 5.74) is 5.11. The zero-order valence-electron chi connectivity index (χ0n) is 17.8. The highest BCUT2D eigenvalue weighted by Gasteiger charge is 2.35. The van der Waals surface area contributed by atoms with E-state index < -0.39 is 0 Å². The Morgan fingerprint density at radius 3 is 2.47 bits per heavy atom. The van der Waals surface area contributed by atoms with E-state index in [2.05, 4.69) is 29.7 Å². The first-order valence-corrected chi connectivity index (χ1v) is 11.8. The Morgan fingerprint density at radius 1 is 1.00 bits per heavy atom. The number of thioether (sulfide) groups is 1. The molecular weight excluding hydrogens is 463 g/mol. The van der Waals surface area contributed by atoms with Crippen molar-refractivity contribution < 1.29 is 9.59 Å². The zero-order valence-corrected chi connectivity index (χ0v) is 20.1. The second-order valence-electron chi connectivity index (χ2n) is 7.72. The van der Waals surface area contributed by atoms with Crippen LogP contribution >= 0.6 is 35.0 Å². The van der Waals surface area contributed by atoms with Crippen LogP contribution in [0.2, 0.25) is 10.0 Å². The van der Waals surface area contributed by atoms with Gasteiger partial charge in [0.25, 0.3) is 11.1 Å². The number of imide groups is 1. The maximum absolute atomic E-state index is 13.0. The van der Waals surface area contributed by atoms with Gasteiger partial charge >= 0.3 is 0 Å². The lowest BCUT2D eigenvalue weighted by Crippen LogP contribution is -2.27. The van der Waals surface area contributed by atoms with Crippen LogP contribution < -0.4 is 0 Å². The lowest BCUT2D eigenvalue weighted by atomic mass is 10.1. The molecule has 0 unspecified atom stereocenters. The van der Waals surface area contributed by atoms with Gasteiger partial charge in [0.2, 0.25) is 0 Å². The van der Waals surface area contributed by atoms with Crippen LogP contribution in [0.1, 0.15) is 28.1 Å². The van der Waals surface area contributed by atoms with Crippen molar-refractivity contribution in [1.29, 1.82) is 0 Å². The van der Waals surface area contributed by atoms with Crippen LogP contribution in [0.3, 0.4) is 0 Å². The van der Waals surface area contributed by atoms with E-state index in [0.29, 0.717) is 20.5 Å². The monoisotopic (exact) mass is 484 g/mol. The Bertz CT molecular complexity index is 1220. The molecule has 2 amide bonds. The number of carbonyl (C=O) groups excluding carboxylic acids is 2. The van der Waals surface area contributed by atoms with Gasteiger partial charge in [-0.25, -0.2) is 0 Å². The number of halogens is 2. The summed E-state index contributed by atoms with van der Waals surface area (Å²) in [6.45, 7) is 5.07. The highest BCUT2D eigenvalue weighted by molar-refractivity contribution is 8.18. The molecule has 1 fully saturated rings. The van der Waals surface area contributed by atoms with Crippen LogP contribution in [0.5, 0.6) is 0 Å². The average molecular weight is 485 g/mol. The van der Waals surface area contributed by atoms with E-state index in [-0.39, 0.29) is 17.7 Å². The molecule has 1 aliphatic rings. The summed E-state index contributed by atoms with van der Waals surface area (Å²) >= 11 is 13.1. The van der Waals surface area contributed by atoms with Gasteiger partial charge in [0.05, 0.1) is 11.4 Å². The van der Waals surface area contributed by atoms with Gasteiger partial charge in [0.1, 0.15) is 0 Å². The number of rotatable bonds is 6. The number of carbonyl (C=O) groups is 2. The van der Waals surface area contributed by atoms with E-state index in [0.717, 1.165) is 41.7 Å². The summed E-state index contributed by atoms with van der Waals surface area (Å²) in [6, 6.07) is 17.5. The molecular formula is C25H22Cl2N2O2S. The molecule has 4 rings (SSSR count). The topological polar surface area (TPSA) is 42.3 Å². The maximum atomic E-state index is 13.0. The highest BCUT2D eigenvalue weighted by Crippen LogP contribution is 2.35. The van der Waals surface area contributed by atoms with Crippen molar-refractivity contribution in [3.63, 3.8) is 0 Å². The third kappa shape index (κ3) is 4.80. The lowest BCUT2D eigenvalue weighted by Gasteiger charge is -2.13. The highest BCUT2D eigenvalue weighted by atomic mass is 35.5. The fourth-order valence-corrected chi connectivity index (χ4v) is 5.10. The smallest absolute Gasteiger partial charge is 0.293 e. The van der Waals surface area contributed by atoms with Crippen molar-refractivity contribution in [3.8, 4) is 0 Å². The van der Waals surface area contributed by atoms with Gasteiger partial charge in [-0.05, 0) is 73.0 Å². The summed E-state index contributed by atoms with van der Waals surface area (Å²) in [7, 11) is 0. The zero-order chi connectivity index (χ0) is 22.8. The molecule has 2 heterocycles. The van der Waals surface area contributed by atoms with Crippen molar-refractivity contribution in [3.05, 3.63) is 97.6 Å². The molecule has 0 N–H and O–H groups in total. The second kappa shape index (κ2) is 9.57. The first-order chi connectivity index (χ1) is 15.3. The van der Waals surface area contributed by atoms with Crippen molar-refractivity contribution in [2.45, 2.75) is 33.4 Å². The van der Waals surface area contributed by atoms with Gasteiger partial charge in [-0.3, -0.25) is 14.5 Å². The third-order valence-corrected chi connectivity index (χ3v) is 7.08. The number of aromatic nitrogens is 1. The fraction of sp³-hybridized carbons (Fsp3) is 0.200. The Kier molecular flexibility index (Phi) is 6.79. The molecule has 0 aliphatic carbocycles. The Balaban J connectivity index is 1.52. The second-order valence-corrected chi connectivity index (χ2v) is 9.55. The number of amides is 2. The number of hydrogen-bond acceptors (Lipinski definition) is 3. The quantitative estimate of drug-likeness (QED) is 0.357. The van der Waals surface area contributed by atoms with E-state index in [1.54, 1.807) is 18.2 Å². The molecule has 0 spiro atoms. The molecule has 0 radical (unpaired) electrons. The van der Waals surface area contributed by atoms with E-state index in [1.165, 1.54) is 10.5 Å². The predicted molar refractivity (Wildman–Crippen MR) is 132 cm³/mol. The van der Waals surface area contributed by atoms with Crippen molar-refractivity contribution in [2.24, 2.45) is 0 Å². The van der Waals surface area contributed by atoms with Crippen LogP contribution in [0.15, 0.2) is 59.5 Å². The molecule has 3 aromatic rings. The fourth-order valence-electron chi connectivity index (χ4n) is 3.80. The third-order valence-electron chi connectivity index (χ3n) is 5.58. The van der Waals surface area contributed by atoms with E-state index in [4.69, 9.17) is 23.2 Å². The van der Waals surface area contributed by atoms with Crippen molar-refractivity contribution >= 4 is 52.2 Å². The summed E-state index contributed by atoms with van der Waals surface area (Å²) in [5, 5.41) is 0.642. The predicted octanol–water partition coefficient (Wildman–Crippen LogP) is 6.89. The van der Waals surface area contributed by atoms with Gasteiger partial charge in [0, 0.05) is 28.0 Å². The molecule has 7 heteroatoms. The minimum atomic E-state index is -0.305. The minimum Gasteiger partial charge on any atom is -0.348 e. The maximum Gasteiger partial charge on any atom is 0.293 e. The molecule has 0 bridgehead atoms. The standard InChI is InChI=1S/C25H22Cl2N2O2S/c1-16-12-20(17(2)28(16)11-10-18-6-4-3-5-7-18)13-23-24(30)29(25(31)32-23)15-19-8-9-21(26)14-22(19)27/h3-9,12-14H,10-11,15H2,1-2H3/b23-13-. The molecule has 2 aromatic carbocycles. The molecule has 0 atom stereocenters. The van der Waals surface area contributed by atoms with E-state index >= 15 is 0 Å². The number of benzene rings is 2. The first kappa shape index (κ1) is 22.7. The van der Waals surface area contributed by atoms with Crippen molar-refractivity contribution in [1.82, 2.24) is 9.47 Å². The molecule has 1 saturated heterocycles. The van der Waals surface area contributed by atoms with Gasteiger partial charge in [0.15, 0.2) is 0 Å². The van der Waals surface area contributed by atoms with Crippen LogP contribution in [-0.4, -0.2) is 20.6 Å². The van der Waals surface area contributed by atoms with Crippen LogP contribution in [0, 0.1) is 13.8 Å². The first-order valence-electron chi connectivity index (χ1n) is 10.2. The van der Waals surface area contributed by atoms with Crippen LogP contribution in [0.4, 0.5) is 4.79 Å². The normalized spacial score (nSPS) is 15.2. The molecule has 1 aliphatic heterocycles. The molecule has 0 saturated carbocycles. The summed E-state index contributed by atoms with van der Waals surface area (Å²) in [4.78, 5) is 27.1. The van der Waals surface area contributed by atoms with Gasteiger partial charge in [-0.1, -0.05) is 59.6 Å². The van der Waals surface area contributed by atoms with Crippen molar-refractivity contribution in [2.75, 3.05) is 0 Å². The van der Waals surface area contributed by atoms with Crippen LogP contribution in [0.25, 0.3) is 6.08 Å². The Morgan fingerprint density at radius 2 is 1.75 bits per heavy atom. The Labute approximate surface area is 201 Å². The molecule has 4 nitrogen and oxygen atoms in total. The number of nitrogens with zero attached hydrogens (tertiary/aromatic N) is 2. The Hall–Kier alpha value is -2.47. The lowest BCUT2D eigenvalue weighted by molar-refractivity contribution is -0.123. The molecule has 164 valence electrons.